The number of aromatic carboxylic acids is 1. The second-order valence-electron chi connectivity index (χ2n) is 4.05. The van der Waals surface area contributed by atoms with E-state index in [9.17, 15) is 4.79 Å². The summed E-state index contributed by atoms with van der Waals surface area (Å²) >= 11 is 0. The molecule has 0 atom stereocenters. The van der Waals surface area contributed by atoms with Crippen molar-refractivity contribution in [3.63, 3.8) is 0 Å². The lowest BCUT2D eigenvalue weighted by Crippen LogP contribution is -2.04. The average Bonchev–Trinajstić information content (AvgIpc) is 2.46. The lowest BCUT2D eigenvalue weighted by atomic mass is 9.89. The summed E-state index contributed by atoms with van der Waals surface area (Å²) in [6.45, 7) is 0. The molecule has 3 rings (SSSR count). The van der Waals surface area contributed by atoms with Crippen molar-refractivity contribution in [2.75, 3.05) is 0 Å². The van der Waals surface area contributed by atoms with Gasteiger partial charge in [0.05, 0.1) is 5.56 Å². The Bertz CT molecular complexity index is 575. The van der Waals surface area contributed by atoms with Gasteiger partial charge in [-0.25, -0.2) is 4.79 Å². The first-order valence-electron chi connectivity index (χ1n) is 5.19. The molecule has 1 N–H and O–H groups in total. The maximum Gasteiger partial charge on any atom is 0.335 e. The molecular formula is C14H10O2. The Labute approximate surface area is 93.2 Å². The number of fused-ring (bicyclic) bond motifs is 1. The Balaban J connectivity index is 2.30. The van der Waals surface area contributed by atoms with Gasteiger partial charge in [-0.05, 0) is 40.8 Å². The molecule has 2 aliphatic carbocycles. The molecule has 16 heavy (non-hydrogen) atoms. The van der Waals surface area contributed by atoms with Gasteiger partial charge in [-0.2, -0.15) is 0 Å². The van der Waals surface area contributed by atoms with Crippen molar-refractivity contribution in [3.05, 3.63) is 58.2 Å². The molecule has 1 aromatic carbocycles. The molecule has 0 fully saturated rings. The lowest BCUT2D eigenvalue weighted by molar-refractivity contribution is 0.0697. The molecule has 0 radical (unpaired) electrons. The standard InChI is InChI=1S/C14H10O2/c15-14(16)12-7-10-3-1-2-9-4-5-11(8-12)13(10)6-9/h1-5,7-8H,6H2,(H,15,16). The Morgan fingerprint density at radius 2 is 1.88 bits per heavy atom. The summed E-state index contributed by atoms with van der Waals surface area (Å²) in [4.78, 5) is 11.0. The van der Waals surface area contributed by atoms with Crippen molar-refractivity contribution in [2.45, 2.75) is 6.42 Å². The minimum Gasteiger partial charge on any atom is -0.478 e. The van der Waals surface area contributed by atoms with Crippen LogP contribution in [0.25, 0.3) is 12.2 Å². The fourth-order valence-corrected chi connectivity index (χ4v) is 2.19. The molecule has 0 unspecified atom stereocenters. The fraction of sp³-hybridized carbons (Fsp3) is 0.0714. The molecule has 2 bridgehead atoms. The monoisotopic (exact) mass is 210 g/mol. The van der Waals surface area contributed by atoms with E-state index in [1.807, 2.05) is 24.3 Å². The second kappa shape index (κ2) is 3.20. The van der Waals surface area contributed by atoms with Crippen molar-refractivity contribution >= 4 is 18.1 Å². The van der Waals surface area contributed by atoms with Crippen LogP contribution >= 0.6 is 0 Å². The molecule has 0 saturated heterocycles. The zero-order valence-electron chi connectivity index (χ0n) is 8.60. The second-order valence-corrected chi connectivity index (χ2v) is 4.05. The fourth-order valence-electron chi connectivity index (χ4n) is 2.19. The van der Waals surface area contributed by atoms with Crippen molar-refractivity contribution in [3.8, 4) is 0 Å². The van der Waals surface area contributed by atoms with Crippen LogP contribution in [0.1, 0.15) is 27.0 Å². The summed E-state index contributed by atoms with van der Waals surface area (Å²) in [7, 11) is 0. The van der Waals surface area contributed by atoms with E-state index in [1.165, 1.54) is 11.1 Å². The zero-order chi connectivity index (χ0) is 11.1. The van der Waals surface area contributed by atoms with Crippen LogP contribution < -0.4 is 0 Å². The summed E-state index contributed by atoms with van der Waals surface area (Å²) in [5.74, 6) is -0.871. The predicted molar refractivity (Wildman–Crippen MR) is 63.3 cm³/mol. The number of rotatable bonds is 1. The highest BCUT2D eigenvalue weighted by Gasteiger charge is 2.16. The Morgan fingerprint density at radius 3 is 2.62 bits per heavy atom. The van der Waals surface area contributed by atoms with E-state index in [1.54, 1.807) is 12.1 Å². The molecule has 0 amide bonds. The van der Waals surface area contributed by atoms with Crippen LogP contribution in [0.2, 0.25) is 0 Å². The molecule has 0 heterocycles. The summed E-state index contributed by atoms with van der Waals surface area (Å²) in [5.41, 5.74) is 4.90. The van der Waals surface area contributed by atoms with Crippen molar-refractivity contribution in [1.82, 2.24) is 0 Å². The van der Waals surface area contributed by atoms with Gasteiger partial charge in [0.15, 0.2) is 0 Å². The quantitative estimate of drug-likeness (QED) is 0.773. The molecule has 2 nitrogen and oxygen atoms in total. The molecule has 0 spiro atoms. The van der Waals surface area contributed by atoms with Gasteiger partial charge in [0, 0.05) is 0 Å². The van der Waals surface area contributed by atoms with Crippen LogP contribution in [0.4, 0.5) is 0 Å². The number of benzene rings is 1. The Hall–Kier alpha value is -2.09. The summed E-state index contributed by atoms with van der Waals surface area (Å²) in [6, 6.07) is 3.49. The SMILES string of the molecule is O=C(O)c1cc2c3c(c1)C=CC(=CC=C2)C3. The lowest BCUT2D eigenvalue weighted by Gasteiger charge is -2.15. The van der Waals surface area contributed by atoms with E-state index in [-0.39, 0.29) is 0 Å². The highest BCUT2D eigenvalue weighted by molar-refractivity contribution is 5.90. The molecule has 0 saturated carbocycles. The van der Waals surface area contributed by atoms with Crippen molar-refractivity contribution in [1.29, 1.82) is 0 Å². The van der Waals surface area contributed by atoms with Gasteiger partial charge in [-0.3, -0.25) is 0 Å². The first kappa shape index (κ1) is 9.16. The Morgan fingerprint density at radius 1 is 1.12 bits per heavy atom. The van der Waals surface area contributed by atoms with Crippen LogP contribution in [-0.2, 0) is 6.42 Å². The third-order valence-corrected chi connectivity index (χ3v) is 3.01. The maximum atomic E-state index is 11.0. The van der Waals surface area contributed by atoms with E-state index < -0.39 is 5.97 Å². The topological polar surface area (TPSA) is 37.3 Å². The van der Waals surface area contributed by atoms with E-state index in [0.717, 1.165) is 17.5 Å². The van der Waals surface area contributed by atoms with Gasteiger partial charge >= 0.3 is 5.97 Å². The van der Waals surface area contributed by atoms with Crippen LogP contribution in [0.5, 0.6) is 0 Å². The summed E-state index contributed by atoms with van der Waals surface area (Å²) in [5, 5.41) is 9.03. The van der Waals surface area contributed by atoms with Crippen LogP contribution in [0.15, 0.2) is 35.9 Å². The zero-order valence-corrected chi connectivity index (χ0v) is 8.60. The van der Waals surface area contributed by atoms with Crippen LogP contribution in [-0.4, -0.2) is 11.1 Å². The molecule has 78 valence electrons. The number of carboxylic acid groups (broad SMARTS) is 1. The molecule has 2 aliphatic rings. The largest absolute Gasteiger partial charge is 0.478 e. The summed E-state index contributed by atoms with van der Waals surface area (Å²) in [6.07, 6.45) is 11.0. The molecule has 2 heteroatoms. The molecule has 0 aromatic heterocycles. The number of allylic oxidation sites excluding steroid dienone is 4. The minimum atomic E-state index is -0.871. The third kappa shape index (κ3) is 1.31. The van der Waals surface area contributed by atoms with Gasteiger partial charge in [-0.15, -0.1) is 0 Å². The normalized spacial score (nSPS) is 15.6. The number of carboxylic acids is 1. The highest BCUT2D eigenvalue weighted by Crippen LogP contribution is 2.30. The molecule has 1 aromatic rings. The van der Waals surface area contributed by atoms with Gasteiger partial charge < -0.3 is 5.11 Å². The third-order valence-electron chi connectivity index (χ3n) is 3.01. The number of hydrogen-bond acceptors (Lipinski definition) is 1. The maximum absolute atomic E-state index is 11.0. The number of carbonyl (C=O) groups is 1. The van der Waals surface area contributed by atoms with E-state index >= 15 is 0 Å². The van der Waals surface area contributed by atoms with Crippen molar-refractivity contribution in [2.24, 2.45) is 0 Å². The Kier molecular flexibility index (Phi) is 1.83. The van der Waals surface area contributed by atoms with Gasteiger partial charge in [0.1, 0.15) is 0 Å². The first-order chi connectivity index (χ1) is 7.74. The van der Waals surface area contributed by atoms with E-state index in [4.69, 9.17) is 5.11 Å². The number of hydrogen-bond donors (Lipinski definition) is 1. The van der Waals surface area contributed by atoms with Gasteiger partial charge in [0.2, 0.25) is 0 Å². The highest BCUT2D eigenvalue weighted by atomic mass is 16.4. The van der Waals surface area contributed by atoms with E-state index in [2.05, 4.69) is 6.08 Å². The van der Waals surface area contributed by atoms with E-state index in [0.29, 0.717) is 5.56 Å². The molecule has 0 aliphatic heterocycles. The first-order valence-corrected chi connectivity index (χ1v) is 5.19. The minimum absolute atomic E-state index is 0.355. The average molecular weight is 210 g/mol. The molecular weight excluding hydrogens is 200 g/mol. The summed E-state index contributed by atoms with van der Waals surface area (Å²) < 4.78 is 0. The van der Waals surface area contributed by atoms with Gasteiger partial charge in [-0.1, -0.05) is 30.4 Å². The predicted octanol–water partition coefficient (Wildman–Crippen LogP) is 2.91. The van der Waals surface area contributed by atoms with Gasteiger partial charge in [0.25, 0.3) is 0 Å². The smallest absolute Gasteiger partial charge is 0.335 e. The van der Waals surface area contributed by atoms with Crippen LogP contribution in [0, 0.1) is 0 Å². The van der Waals surface area contributed by atoms with Crippen molar-refractivity contribution < 1.29 is 9.90 Å². The van der Waals surface area contributed by atoms with Crippen LogP contribution in [0.3, 0.4) is 0 Å².